The van der Waals surface area contributed by atoms with E-state index in [-0.39, 0.29) is 30.4 Å². The van der Waals surface area contributed by atoms with E-state index in [0.717, 1.165) is 0 Å². The Labute approximate surface area is 100 Å². The largest absolute Gasteiger partial charge is 0.396 e. The number of carbonyl (C=O) groups excluding carboxylic acids is 1. The first-order valence-electron chi connectivity index (χ1n) is 5.66. The number of amides is 1. The van der Waals surface area contributed by atoms with Crippen molar-refractivity contribution in [2.45, 2.75) is 19.9 Å². The molecule has 17 heavy (non-hydrogen) atoms. The molecule has 0 aliphatic carbocycles. The molecule has 0 saturated carbocycles. The molecule has 0 bridgehead atoms. The van der Waals surface area contributed by atoms with Gasteiger partial charge in [-0.1, -0.05) is 13.0 Å². The van der Waals surface area contributed by atoms with Crippen LogP contribution in [0, 0.1) is 5.92 Å². The first-order chi connectivity index (χ1) is 8.13. The lowest BCUT2D eigenvalue weighted by Crippen LogP contribution is -2.31. The third-order valence-electron chi connectivity index (χ3n) is 2.44. The molecule has 0 aliphatic rings. The van der Waals surface area contributed by atoms with Crippen LogP contribution < -0.4 is 10.9 Å². The van der Waals surface area contributed by atoms with E-state index in [2.05, 4.69) is 5.32 Å². The Bertz CT molecular complexity index is 414. The lowest BCUT2D eigenvalue weighted by Gasteiger charge is -2.10. The number of hydrogen-bond acceptors (Lipinski definition) is 3. The van der Waals surface area contributed by atoms with Gasteiger partial charge in [0, 0.05) is 38.4 Å². The number of pyridine rings is 1. The molecule has 1 aromatic heterocycles. The van der Waals surface area contributed by atoms with Gasteiger partial charge in [-0.05, 0) is 12.0 Å². The van der Waals surface area contributed by atoms with Crippen molar-refractivity contribution in [1.82, 2.24) is 9.88 Å². The van der Waals surface area contributed by atoms with Crippen molar-refractivity contribution in [1.29, 1.82) is 0 Å². The fourth-order valence-corrected chi connectivity index (χ4v) is 1.31. The van der Waals surface area contributed by atoms with Gasteiger partial charge in [0.05, 0.1) is 0 Å². The maximum Gasteiger partial charge on any atom is 0.250 e. The molecule has 5 heteroatoms. The van der Waals surface area contributed by atoms with E-state index in [1.54, 1.807) is 18.3 Å². The smallest absolute Gasteiger partial charge is 0.250 e. The summed E-state index contributed by atoms with van der Waals surface area (Å²) in [5.41, 5.74) is -0.107. The number of nitrogens with zero attached hydrogens (tertiary/aromatic N) is 1. The number of nitrogens with one attached hydrogen (secondary N) is 1. The average Bonchev–Trinajstić information content (AvgIpc) is 2.35. The lowest BCUT2D eigenvalue weighted by atomic mass is 10.2. The van der Waals surface area contributed by atoms with Crippen molar-refractivity contribution in [2.24, 2.45) is 5.92 Å². The molecule has 1 heterocycles. The third-order valence-corrected chi connectivity index (χ3v) is 2.44. The van der Waals surface area contributed by atoms with E-state index in [1.807, 2.05) is 6.92 Å². The predicted molar refractivity (Wildman–Crippen MR) is 64.6 cm³/mol. The molecule has 0 aromatic carbocycles. The minimum absolute atomic E-state index is 0.0540. The zero-order valence-electron chi connectivity index (χ0n) is 9.93. The first kappa shape index (κ1) is 13.4. The molecule has 2 N–H and O–H groups in total. The fourth-order valence-electron chi connectivity index (χ4n) is 1.31. The van der Waals surface area contributed by atoms with Crippen LogP contribution in [0.4, 0.5) is 0 Å². The summed E-state index contributed by atoms with van der Waals surface area (Å²) in [7, 11) is 0. The van der Waals surface area contributed by atoms with Crippen LogP contribution in [0.2, 0.25) is 0 Å². The second-order valence-corrected chi connectivity index (χ2v) is 4.07. The number of aryl methyl sites for hydroxylation is 1. The number of carbonyl (C=O) groups is 1. The van der Waals surface area contributed by atoms with Gasteiger partial charge < -0.3 is 15.0 Å². The van der Waals surface area contributed by atoms with Crippen LogP contribution >= 0.6 is 0 Å². The summed E-state index contributed by atoms with van der Waals surface area (Å²) in [5.74, 6) is -0.0561. The van der Waals surface area contributed by atoms with E-state index in [9.17, 15) is 9.59 Å². The van der Waals surface area contributed by atoms with Crippen LogP contribution in [0.5, 0.6) is 0 Å². The molecule has 1 aromatic rings. The topological polar surface area (TPSA) is 71.3 Å². The molecule has 1 unspecified atom stereocenters. The molecule has 1 rings (SSSR count). The Balaban J connectivity index is 2.34. The Kier molecular flexibility index (Phi) is 5.42. The zero-order valence-corrected chi connectivity index (χ0v) is 9.93. The van der Waals surface area contributed by atoms with E-state index in [4.69, 9.17) is 5.11 Å². The van der Waals surface area contributed by atoms with Gasteiger partial charge in [0.2, 0.25) is 5.91 Å². The van der Waals surface area contributed by atoms with Crippen LogP contribution in [-0.2, 0) is 11.3 Å². The molecule has 0 fully saturated rings. The quantitative estimate of drug-likeness (QED) is 0.732. The SMILES string of the molecule is CC(CO)CNC(=O)CCn1ccccc1=O. The minimum Gasteiger partial charge on any atom is -0.396 e. The van der Waals surface area contributed by atoms with E-state index >= 15 is 0 Å². The molecule has 5 nitrogen and oxygen atoms in total. The summed E-state index contributed by atoms with van der Waals surface area (Å²) in [6, 6.07) is 4.89. The van der Waals surface area contributed by atoms with Crippen LogP contribution in [0.1, 0.15) is 13.3 Å². The maximum absolute atomic E-state index is 11.4. The van der Waals surface area contributed by atoms with Crippen molar-refractivity contribution in [3.63, 3.8) is 0 Å². The van der Waals surface area contributed by atoms with Crippen LogP contribution in [0.15, 0.2) is 29.2 Å². The number of aliphatic hydroxyl groups excluding tert-OH is 1. The van der Waals surface area contributed by atoms with Crippen molar-refractivity contribution in [3.05, 3.63) is 34.7 Å². The average molecular weight is 238 g/mol. The fraction of sp³-hybridized carbons (Fsp3) is 0.500. The maximum atomic E-state index is 11.4. The van der Waals surface area contributed by atoms with Crippen molar-refractivity contribution < 1.29 is 9.90 Å². The number of aliphatic hydroxyl groups is 1. The van der Waals surface area contributed by atoms with Gasteiger partial charge in [0.25, 0.3) is 5.56 Å². The number of aromatic nitrogens is 1. The Morgan fingerprint density at radius 1 is 1.53 bits per heavy atom. The number of rotatable bonds is 6. The van der Waals surface area contributed by atoms with Crippen molar-refractivity contribution in [3.8, 4) is 0 Å². The standard InChI is InChI=1S/C12H18N2O3/c1-10(9-15)8-13-11(16)5-7-14-6-3-2-4-12(14)17/h2-4,6,10,15H,5,7-9H2,1H3,(H,13,16). The van der Waals surface area contributed by atoms with Gasteiger partial charge >= 0.3 is 0 Å². The molecule has 1 amide bonds. The second-order valence-electron chi connectivity index (χ2n) is 4.07. The molecule has 0 radical (unpaired) electrons. The van der Waals surface area contributed by atoms with Gasteiger partial charge in [0.15, 0.2) is 0 Å². The highest BCUT2D eigenvalue weighted by atomic mass is 16.3. The zero-order chi connectivity index (χ0) is 12.7. The normalized spacial score (nSPS) is 12.1. The molecule has 94 valence electrons. The highest BCUT2D eigenvalue weighted by Crippen LogP contribution is 1.91. The lowest BCUT2D eigenvalue weighted by molar-refractivity contribution is -0.121. The van der Waals surface area contributed by atoms with Crippen molar-refractivity contribution >= 4 is 5.91 Å². The summed E-state index contributed by atoms with van der Waals surface area (Å²) in [5, 5.41) is 11.5. The van der Waals surface area contributed by atoms with Crippen molar-refractivity contribution in [2.75, 3.05) is 13.2 Å². The number of hydrogen-bond donors (Lipinski definition) is 2. The van der Waals surface area contributed by atoms with E-state index < -0.39 is 0 Å². The van der Waals surface area contributed by atoms with Crippen LogP contribution in [-0.4, -0.2) is 28.7 Å². The Morgan fingerprint density at radius 3 is 2.94 bits per heavy atom. The molecule has 0 saturated heterocycles. The summed E-state index contributed by atoms with van der Waals surface area (Å²) in [6.45, 7) is 2.73. The monoisotopic (exact) mass is 238 g/mol. The summed E-state index contributed by atoms with van der Waals surface area (Å²) in [4.78, 5) is 22.8. The third kappa shape index (κ3) is 4.82. The highest BCUT2D eigenvalue weighted by molar-refractivity contribution is 5.75. The summed E-state index contributed by atoms with van der Waals surface area (Å²) in [6.07, 6.45) is 1.92. The molecule has 1 atom stereocenters. The molecular weight excluding hydrogens is 220 g/mol. The predicted octanol–water partition coefficient (Wildman–Crippen LogP) is -0.0170. The highest BCUT2D eigenvalue weighted by Gasteiger charge is 2.05. The van der Waals surface area contributed by atoms with Gasteiger partial charge in [-0.2, -0.15) is 0 Å². The van der Waals surface area contributed by atoms with E-state index in [1.165, 1.54) is 10.6 Å². The summed E-state index contributed by atoms with van der Waals surface area (Å²) < 4.78 is 1.50. The van der Waals surface area contributed by atoms with Gasteiger partial charge in [-0.3, -0.25) is 9.59 Å². The van der Waals surface area contributed by atoms with Gasteiger partial charge in [-0.15, -0.1) is 0 Å². The summed E-state index contributed by atoms with van der Waals surface area (Å²) >= 11 is 0. The van der Waals surface area contributed by atoms with Gasteiger partial charge in [0.1, 0.15) is 0 Å². The first-order valence-corrected chi connectivity index (χ1v) is 5.66. The molecule has 0 spiro atoms. The van der Waals surface area contributed by atoms with Crippen LogP contribution in [0.3, 0.4) is 0 Å². The molecule has 0 aliphatic heterocycles. The molecular formula is C12H18N2O3. The second kappa shape index (κ2) is 6.85. The minimum atomic E-state index is -0.110. The Hall–Kier alpha value is -1.62. The van der Waals surface area contributed by atoms with Crippen LogP contribution in [0.25, 0.3) is 0 Å². The Morgan fingerprint density at radius 2 is 2.29 bits per heavy atom. The van der Waals surface area contributed by atoms with E-state index in [0.29, 0.717) is 13.1 Å². The van der Waals surface area contributed by atoms with Gasteiger partial charge in [-0.25, -0.2) is 0 Å².